The van der Waals surface area contributed by atoms with Gasteiger partial charge < -0.3 is 14.5 Å². The Morgan fingerprint density at radius 3 is 2.26 bits per heavy atom. The Hall–Kier alpha value is -2.58. The second-order valence-electron chi connectivity index (χ2n) is 9.57. The predicted octanol–water partition coefficient (Wildman–Crippen LogP) is 3.76. The number of nitrogens with zero attached hydrogens (tertiary/aromatic N) is 3. The van der Waals surface area contributed by atoms with Crippen LogP contribution in [0, 0.1) is 26.7 Å². The van der Waals surface area contributed by atoms with E-state index in [0.717, 1.165) is 18.7 Å². The highest BCUT2D eigenvalue weighted by atomic mass is 32.2. The van der Waals surface area contributed by atoms with Crippen molar-refractivity contribution in [1.82, 2.24) is 9.21 Å². The minimum absolute atomic E-state index is 0.115. The lowest BCUT2D eigenvalue weighted by molar-refractivity contribution is -0.137. The number of piperidine rings is 1. The third-order valence-electron chi connectivity index (χ3n) is 7.40. The van der Waals surface area contributed by atoms with Crippen LogP contribution >= 0.6 is 0 Å². The molecule has 0 unspecified atom stereocenters. The van der Waals surface area contributed by atoms with Crippen LogP contribution in [0.3, 0.4) is 0 Å². The van der Waals surface area contributed by atoms with E-state index in [1.54, 1.807) is 18.2 Å². The zero-order chi connectivity index (χ0) is 25.2. The molecule has 0 aromatic heterocycles. The first-order chi connectivity index (χ1) is 16.7. The molecule has 0 saturated carbocycles. The average molecular weight is 500 g/mol. The summed E-state index contributed by atoms with van der Waals surface area (Å²) in [6.07, 6.45) is 1.12. The number of hydrogen-bond acceptors (Lipinski definition) is 5. The van der Waals surface area contributed by atoms with Gasteiger partial charge in [0.05, 0.1) is 11.5 Å². The van der Waals surface area contributed by atoms with Crippen LogP contribution < -0.4 is 9.64 Å². The molecule has 0 N–H and O–H groups in total. The zero-order valence-electron chi connectivity index (χ0n) is 21.3. The van der Waals surface area contributed by atoms with Crippen molar-refractivity contribution in [3.63, 3.8) is 0 Å². The summed E-state index contributed by atoms with van der Waals surface area (Å²) in [5.41, 5.74) is 4.63. The summed E-state index contributed by atoms with van der Waals surface area (Å²) < 4.78 is 33.4. The molecule has 0 atom stereocenters. The molecule has 2 heterocycles. The number of carbonyl (C=O) groups is 1. The fraction of sp³-hybridized carbons (Fsp3) is 0.519. The molecule has 7 nitrogen and oxygen atoms in total. The maximum absolute atomic E-state index is 13.2. The molecule has 2 saturated heterocycles. The maximum atomic E-state index is 13.2. The van der Waals surface area contributed by atoms with Gasteiger partial charge in [0, 0.05) is 50.9 Å². The van der Waals surface area contributed by atoms with E-state index in [2.05, 4.69) is 36.9 Å². The molecule has 8 heteroatoms. The minimum Gasteiger partial charge on any atom is -0.494 e. The molecule has 2 fully saturated rings. The van der Waals surface area contributed by atoms with Crippen LogP contribution in [0.5, 0.6) is 5.75 Å². The molecule has 4 rings (SSSR count). The van der Waals surface area contributed by atoms with Crippen molar-refractivity contribution in [3.8, 4) is 5.75 Å². The SMILES string of the molecule is CCOc1ccc(S(=O)(=O)N2CCC(C(=O)N3CCN(c4cccc(C)c4C)CC3)CC2)cc1C. The van der Waals surface area contributed by atoms with Crippen LogP contribution in [0.4, 0.5) is 5.69 Å². The molecule has 2 aliphatic rings. The molecule has 2 aromatic rings. The quantitative estimate of drug-likeness (QED) is 0.605. The lowest BCUT2D eigenvalue weighted by Crippen LogP contribution is -2.52. The Labute approximate surface area is 209 Å². The summed E-state index contributed by atoms with van der Waals surface area (Å²) in [6, 6.07) is 11.4. The predicted molar refractivity (Wildman–Crippen MR) is 139 cm³/mol. The summed E-state index contributed by atoms with van der Waals surface area (Å²) in [5.74, 6) is 0.753. The lowest BCUT2D eigenvalue weighted by atomic mass is 9.96. The fourth-order valence-corrected chi connectivity index (χ4v) is 6.65. The number of piperazine rings is 1. The fourth-order valence-electron chi connectivity index (χ4n) is 5.10. The Bertz CT molecular complexity index is 1160. The van der Waals surface area contributed by atoms with Gasteiger partial charge in [-0.25, -0.2) is 8.42 Å². The van der Waals surface area contributed by atoms with Crippen LogP contribution in [0.15, 0.2) is 41.3 Å². The standard InChI is InChI=1S/C27H37N3O4S/c1-5-34-26-10-9-24(19-21(26)3)35(32,33)30-13-11-23(12-14-30)27(31)29-17-15-28(16-18-29)25-8-6-7-20(2)22(25)4/h6-10,19,23H,5,11-18H2,1-4H3. The largest absolute Gasteiger partial charge is 0.494 e. The summed E-state index contributed by atoms with van der Waals surface area (Å²) in [5, 5.41) is 0. The first-order valence-electron chi connectivity index (χ1n) is 12.6. The lowest BCUT2D eigenvalue weighted by Gasteiger charge is -2.39. The number of sulfonamides is 1. The molecular formula is C27H37N3O4S. The van der Waals surface area contributed by atoms with Crippen molar-refractivity contribution < 1.29 is 17.9 Å². The highest BCUT2D eigenvalue weighted by Crippen LogP contribution is 2.29. The van der Waals surface area contributed by atoms with Crippen LogP contribution in [0.2, 0.25) is 0 Å². The van der Waals surface area contributed by atoms with Crippen LogP contribution in [-0.2, 0) is 14.8 Å². The van der Waals surface area contributed by atoms with Crippen molar-refractivity contribution in [2.75, 3.05) is 50.8 Å². The van der Waals surface area contributed by atoms with E-state index in [1.165, 1.54) is 21.1 Å². The Morgan fingerprint density at radius 2 is 1.63 bits per heavy atom. The minimum atomic E-state index is -3.59. The Kier molecular flexibility index (Phi) is 7.71. The Morgan fingerprint density at radius 1 is 0.943 bits per heavy atom. The topological polar surface area (TPSA) is 70.2 Å². The molecule has 0 aliphatic carbocycles. The van der Waals surface area contributed by atoms with E-state index in [-0.39, 0.29) is 16.7 Å². The molecule has 0 spiro atoms. The number of benzene rings is 2. The Balaban J connectivity index is 1.33. The molecule has 1 amide bonds. The van der Waals surface area contributed by atoms with E-state index in [4.69, 9.17) is 4.74 Å². The number of amides is 1. The summed E-state index contributed by atoms with van der Waals surface area (Å²) >= 11 is 0. The number of carbonyl (C=O) groups excluding carboxylic acids is 1. The molecule has 2 aromatic carbocycles. The van der Waals surface area contributed by atoms with Gasteiger partial charge in [0.25, 0.3) is 0 Å². The van der Waals surface area contributed by atoms with Gasteiger partial charge in [-0.3, -0.25) is 4.79 Å². The smallest absolute Gasteiger partial charge is 0.243 e. The second kappa shape index (κ2) is 10.6. The molecular weight excluding hydrogens is 462 g/mol. The van der Waals surface area contributed by atoms with E-state index in [0.29, 0.717) is 51.4 Å². The number of hydrogen-bond donors (Lipinski definition) is 0. The van der Waals surface area contributed by atoms with Crippen molar-refractivity contribution in [2.45, 2.75) is 45.4 Å². The normalized spacial score (nSPS) is 18.1. The molecule has 0 radical (unpaired) electrons. The van der Waals surface area contributed by atoms with Crippen molar-refractivity contribution in [2.24, 2.45) is 5.92 Å². The van der Waals surface area contributed by atoms with Crippen molar-refractivity contribution in [3.05, 3.63) is 53.1 Å². The van der Waals surface area contributed by atoms with E-state index in [1.807, 2.05) is 18.7 Å². The van der Waals surface area contributed by atoms with Gasteiger partial charge in [-0.2, -0.15) is 4.31 Å². The third kappa shape index (κ3) is 5.33. The number of anilines is 1. The van der Waals surface area contributed by atoms with Crippen LogP contribution in [0.25, 0.3) is 0 Å². The second-order valence-corrected chi connectivity index (χ2v) is 11.5. The number of ether oxygens (including phenoxy) is 1. The van der Waals surface area contributed by atoms with Gasteiger partial charge in [-0.05, 0) is 81.5 Å². The van der Waals surface area contributed by atoms with E-state index >= 15 is 0 Å². The monoisotopic (exact) mass is 499 g/mol. The van der Waals surface area contributed by atoms with E-state index < -0.39 is 10.0 Å². The maximum Gasteiger partial charge on any atom is 0.243 e. The molecule has 0 bridgehead atoms. The van der Waals surface area contributed by atoms with Crippen molar-refractivity contribution in [1.29, 1.82) is 0 Å². The third-order valence-corrected chi connectivity index (χ3v) is 9.29. The number of aryl methyl sites for hydroxylation is 2. The summed E-state index contributed by atoms with van der Waals surface area (Å²) in [7, 11) is -3.59. The summed E-state index contributed by atoms with van der Waals surface area (Å²) in [4.78, 5) is 17.8. The average Bonchev–Trinajstić information content (AvgIpc) is 2.87. The van der Waals surface area contributed by atoms with Crippen molar-refractivity contribution >= 4 is 21.6 Å². The molecule has 2 aliphatic heterocycles. The first kappa shape index (κ1) is 25.5. The summed E-state index contributed by atoms with van der Waals surface area (Å²) in [6.45, 7) is 12.4. The van der Waals surface area contributed by atoms with Gasteiger partial charge >= 0.3 is 0 Å². The first-order valence-corrected chi connectivity index (χ1v) is 14.0. The van der Waals surface area contributed by atoms with Gasteiger partial charge in [-0.15, -0.1) is 0 Å². The zero-order valence-corrected chi connectivity index (χ0v) is 22.1. The van der Waals surface area contributed by atoms with Gasteiger partial charge in [0.1, 0.15) is 5.75 Å². The highest BCUT2D eigenvalue weighted by Gasteiger charge is 2.35. The van der Waals surface area contributed by atoms with Gasteiger partial charge in [-0.1, -0.05) is 12.1 Å². The van der Waals surface area contributed by atoms with Gasteiger partial charge in [0.15, 0.2) is 0 Å². The van der Waals surface area contributed by atoms with Crippen LogP contribution in [0.1, 0.15) is 36.5 Å². The van der Waals surface area contributed by atoms with Crippen LogP contribution in [-0.4, -0.2) is 69.4 Å². The van der Waals surface area contributed by atoms with E-state index in [9.17, 15) is 13.2 Å². The molecule has 190 valence electrons. The highest BCUT2D eigenvalue weighted by molar-refractivity contribution is 7.89. The number of rotatable bonds is 6. The molecule has 35 heavy (non-hydrogen) atoms. The van der Waals surface area contributed by atoms with Gasteiger partial charge in [0.2, 0.25) is 15.9 Å².